The molecule has 0 aliphatic heterocycles. The molecule has 16 heavy (non-hydrogen) atoms. The minimum atomic E-state index is -0.659. The lowest BCUT2D eigenvalue weighted by molar-refractivity contribution is -0.389. The minimum Gasteiger partial charge on any atom is -0.464 e. The van der Waals surface area contributed by atoms with Crippen LogP contribution in [0.3, 0.4) is 0 Å². The van der Waals surface area contributed by atoms with Crippen LogP contribution in [0.4, 0.5) is 5.82 Å². The van der Waals surface area contributed by atoms with Gasteiger partial charge >= 0.3 is 11.8 Å². The van der Waals surface area contributed by atoms with E-state index in [1.165, 1.54) is 10.7 Å². The first kappa shape index (κ1) is 12.2. The van der Waals surface area contributed by atoms with Gasteiger partial charge in [0.15, 0.2) is 6.04 Å². The molecule has 0 bridgehead atoms. The molecule has 7 heteroatoms. The van der Waals surface area contributed by atoms with Crippen LogP contribution >= 0.6 is 0 Å². The fraction of sp³-hybridized carbons (Fsp3) is 0.556. The zero-order valence-corrected chi connectivity index (χ0v) is 9.34. The van der Waals surface area contributed by atoms with Gasteiger partial charge in [0.2, 0.25) is 0 Å². The van der Waals surface area contributed by atoms with Crippen LogP contribution in [0.2, 0.25) is 0 Å². The van der Waals surface area contributed by atoms with Crippen LogP contribution in [0.25, 0.3) is 0 Å². The van der Waals surface area contributed by atoms with Crippen molar-refractivity contribution in [3.63, 3.8) is 0 Å². The first-order valence-electron chi connectivity index (χ1n) is 4.84. The fourth-order valence-corrected chi connectivity index (χ4v) is 1.32. The highest BCUT2D eigenvalue weighted by molar-refractivity contribution is 5.73. The lowest BCUT2D eigenvalue weighted by atomic mass is 10.3. The van der Waals surface area contributed by atoms with Crippen LogP contribution in [0, 0.1) is 17.0 Å². The maximum Gasteiger partial charge on any atom is 0.390 e. The molecule has 0 spiro atoms. The number of carbonyl (C=O) groups excluding carboxylic acids is 1. The quantitative estimate of drug-likeness (QED) is 0.438. The van der Waals surface area contributed by atoms with E-state index in [0.29, 0.717) is 5.69 Å². The van der Waals surface area contributed by atoms with Crippen LogP contribution in [0.15, 0.2) is 6.07 Å². The Morgan fingerprint density at radius 2 is 2.38 bits per heavy atom. The highest BCUT2D eigenvalue weighted by Crippen LogP contribution is 2.16. The molecule has 0 saturated carbocycles. The Bertz CT molecular complexity index is 413. The molecule has 7 nitrogen and oxygen atoms in total. The van der Waals surface area contributed by atoms with E-state index in [9.17, 15) is 14.9 Å². The van der Waals surface area contributed by atoms with E-state index in [1.54, 1.807) is 20.8 Å². The normalized spacial score (nSPS) is 12.2. The first-order valence-corrected chi connectivity index (χ1v) is 4.84. The Hall–Kier alpha value is -1.92. The number of aryl methyl sites for hydroxylation is 1. The molecular weight excluding hydrogens is 214 g/mol. The molecule has 1 aromatic heterocycles. The van der Waals surface area contributed by atoms with Crippen LogP contribution in [0.1, 0.15) is 25.6 Å². The van der Waals surface area contributed by atoms with E-state index < -0.39 is 16.9 Å². The molecular formula is C9H13N3O4. The predicted octanol–water partition coefficient (Wildman–Crippen LogP) is 1.22. The number of ether oxygens (including phenoxy) is 1. The predicted molar refractivity (Wildman–Crippen MR) is 55.0 cm³/mol. The van der Waals surface area contributed by atoms with Gasteiger partial charge in [0, 0.05) is 0 Å². The Balaban J connectivity index is 2.95. The summed E-state index contributed by atoms with van der Waals surface area (Å²) >= 11 is 0. The minimum absolute atomic E-state index is 0.269. The van der Waals surface area contributed by atoms with Gasteiger partial charge in [-0.25, -0.2) is 4.79 Å². The van der Waals surface area contributed by atoms with E-state index in [2.05, 4.69) is 5.10 Å². The van der Waals surface area contributed by atoms with Gasteiger partial charge in [-0.15, -0.1) is 0 Å². The summed E-state index contributed by atoms with van der Waals surface area (Å²) in [6.45, 7) is 5.20. The maximum absolute atomic E-state index is 11.4. The largest absolute Gasteiger partial charge is 0.464 e. The highest BCUT2D eigenvalue weighted by Gasteiger charge is 2.25. The van der Waals surface area contributed by atoms with Crippen molar-refractivity contribution in [2.45, 2.75) is 26.8 Å². The smallest absolute Gasteiger partial charge is 0.390 e. The zero-order chi connectivity index (χ0) is 12.3. The zero-order valence-electron chi connectivity index (χ0n) is 9.34. The van der Waals surface area contributed by atoms with E-state index in [4.69, 9.17) is 4.74 Å². The Labute approximate surface area is 92.2 Å². The standard InChI is InChI=1S/C9H13N3O4/c1-4-16-9(13)7(3)11-6(2)5-8(10-11)12(14)15/h5,7H,4H2,1-3H3. The van der Waals surface area contributed by atoms with Crippen molar-refractivity contribution in [1.29, 1.82) is 0 Å². The topological polar surface area (TPSA) is 87.3 Å². The summed E-state index contributed by atoms with van der Waals surface area (Å²) < 4.78 is 6.10. The Kier molecular flexibility index (Phi) is 3.60. The van der Waals surface area contributed by atoms with Gasteiger partial charge in [0.05, 0.1) is 23.5 Å². The summed E-state index contributed by atoms with van der Waals surface area (Å²) in [6, 6.07) is 0.657. The average Bonchev–Trinajstić information content (AvgIpc) is 2.60. The molecule has 0 aromatic carbocycles. The second-order valence-electron chi connectivity index (χ2n) is 3.27. The van der Waals surface area contributed by atoms with Crippen molar-refractivity contribution < 1.29 is 14.5 Å². The van der Waals surface area contributed by atoms with Gasteiger partial charge in [0.1, 0.15) is 0 Å². The molecule has 1 unspecified atom stereocenters. The van der Waals surface area contributed by atoms with Crippen molar-refractivity contribution in [3.05, 3.63) is 21.9 Å². The molecule has 1 atom stereocenters. The van der Waals surface area contributed by atoms with Crippen molar-refractivity contribution in [1.82, 2.24) is 9.78 Å². The average molecular weight is 227 g/mol. The molecule has 0 radical (unpaired) electrons. The number of rotatable bonds is 4. The second kappa shape index (κ2) is 4.73. The lowest BCUT2D eigenvalue weighted by Gasteiger charge is -2.08. The number of nitro groups is 1. The van der Waals surface area contributed by atoms with Crippen molar-refractivity contribution in [2.24, 2.45) is 0 Å². The van der Waals surface area contributed by atoms with Crippen LogP contribution in [0.5, 0.6) is 0 Å². The van der Waals surface area contributed by atoms with Crippen molar-refractivity contribution >= 4 is 11.8 Å². The molecule has 1 rings (SSSR count). The molecule has 0 saturated heterocycles. The maximum atomic E-state index is 11.4. The van der Waals surface area contributed by atoms with Crippen molar-refractivity contribution in [3.8, 4) is 0 Å². The van der Waals surface area contributed by atoms with E-state index in [-0.39, 0.29) is 12.4 Å². The third-order valence-corrected chi connectivity index (χ3v) is 2.09. The van der Waals surface area contributed by atoms with Gasteiger partial charge in [0.25, 0.3) is 0 Å². The molecule has 1 aromatic rings. The third-order valence-electron chi connectivity index (χ3n) is 2.09. The number of esters is 1. The summed E-state index contributed by atoms with van der Waals surface area (Å²) in [5.74, 6) is -0.725. The second-order valence-corrected chi connectivity index (χ2v) is 3.27. The summed E-state index contributed by atoms with van der Waals surface area (Å²) in [5, 5.41) is 14.2. The van der Waals surface area contributed by atoms with E-state index in [1.807, 2.05) is 0 Å². The molecule has 0 amide bonds. The number of nitrogens with zero attached hydrogens (tertiary/aromatic N) is 3. The summed E-state index contributed by atoms with van der Waals surface area (Å²) in [4.78, 5) is 21.3. The van der Waals surface area contributed by atoms with Gasteiger partial charge in [-0.2, -0.15) is 4.68 Å². The SMILES string of the molecule is CCOC(=O)C(C)n1nc([N+](=O)[O-])cc1C. The van der Waals surface area contributed by atoms with E-state index >= 15 is 0 Å². The van der Waals surface area contributed by atoms with Gasteiger partial charge in [-0.3, -0.25) is 0 Å². The Morgan fingerprint density at radius 1 is 1.75 bits per heavy atom. The Morgan fingerprint density at radius 3 is 2.81 bits per heavy atom. The first-order chi connectivity index (χ1) is 7.47. The van der Waals surface area contributed by atoms with Gasteiger partial charge in [-0.1, -0.05) is 0 Å². The lowest BCUT2D eigenvalue weighted by Crippen LogP contribution is -2.21. The molecule has 1 heterocycles. The van der Waals surface area contributed by atoms with Crippen LogP contribution in [-0.4, -0.2) is 27.3 Å². The molecule has 0 aliphatic rings. The molecule has 0 N–H and O–H groups in total. The van der Waals surface area contributed by atoms with E-state index in [0.717, 1.165) is 0 Å². The van der Waals surface area contributed by atoms with Crippen LogP contribution < -0.4 is 0 Å². The molecule has 0 fully saturated rings. The van der Waals surface area contributed by atoms with Gasteiger partial charge in [-0.05, 0) is 25.7 Å². The van der Waals surface area contributed by atoms with Crippen LogP contribution in [-0.2, 0) is 9.53 Å². The fourth-order valence-electron chi connectivity index (χ4n) is 1.32. The number of hydrogen-bond acceptors (Lipinski definition) is 5. The van der Waals surface area contributed by atoms with Crippen molar-refractivity contribution in [2.75, 3.05) is 6.61 Å². The summed E-state index contributed by atoms with van der Waals surface area (Å²) in [7, 11) is 0. The molecule has 0 aliphatic carbocycles. The summed E-state index contributed by atoms with van der Waals surface area (Å²) in [5.41, 5.74) is 0.548. The monoisotopic (exact) mass is 227 g/mol. The highest BCUT2D eigenvalue weighted by atomic mass is 16.6. The number of hydrogen-bond donors (Lipinski definition) is 0. The number of carbonyl (C=O) groups is 1. The summed E-state index contributed by atoms with van der Waals surface area (Å²) in [6.07, 6.45) is 0. The van der Waals surface area contributed by atoms with Gasteiger partial charge < -0.3 is 14.9 Å². The third kappa shape index (κ3) is 2.36. The number of aromatic nitrogens is 2. The molecule has 88 valence electrons.